The maximum atomic E-state index is 11.7. The van der Waals surface area contributed by atoms with Gasteiger partial charge in [-0.1, -0.05) is 18.7 Å². The van der Waals surface area contributed by atoms with Gasteiger partial charge in [-0.15, -0.1) is 10.2 Å². The number of hydrogen-bond donors (Lipinski definition) is 0. The summed E-state index contributed by atoms with van der Waals surface area (Å²) >= 11 is 1.71. The first-order valence-electron chi connectivity index (χ1n) is 5.77. The Hall–Kier alpha value is -0.840. The van der Waals surface area contributed by atoms with Crippen molar-refractivity contribution in [1.82, 2.24) is 14.8 Å². The molecule has 5 heteroatoms. The molecule has 2 rings (SSSR count). The van der Waals surface area contributed by atoms with Gasteiger partial charge in [0.25, 0.3) is 0 Å². The fourth-order valence-corrected chi connectivity index (χ4v) is 2.60. The third kappa shape index (κ3) is 2.64. The number of rotatable bonds is 6. The van der Waals surface area contributed by atoms with E-state index in [2.05, 4.69) is 10.2 Å². The summed E-state index contributed by atoms with van der Waals surface area (Å²) in [6.45, 7) is 2.00. The number of thioether (sulfide) groups is 1. The first kappa shape index (κ1) is 11.6. The standard InChI is InChI=1S/C11H17N3OS/c1-3-4-9(15)10-12-13-11(14(10)2)16-7-8-5-6-8/h8H,3-7H2,1-2H3. The quantitative estimate of drug-likeness (QED) is 0.564. The van der Waals surface area contributed by atoms with Gasteiger partial charge in [-0.3, -0.25) is 4.79 Å². The summed E-state index contributed by atoms with van der Waals surface area (Å²) in [5.74, 6) is 2.56. The molecular formula is C11H17N3OS. The maximum absolute atomic E-state index is 11.7. The van der Waals surface area contributed by atoms with Crippen LogP contribution in [-0.4, -0.2) is 26.3 Å². The second-order valence-corrected chi connectivity index (χ2v) is 5.28. The number of aromatic nitrogens is 3. The molecule has 88 valence electrons. The van der Waals surface area contributed by atoms with E-state index >= 15 is 0 Å². The zero-order valence-corrected chi connectivity index (χ0v) is 10.6. The van der Waals surface area contributed by atoms with Crippen LogP contribution in [0.5, 0.6) is 0 Å². The maximum Gasteiger partial charge on any atom is 0.200 e. The molecule has 1 aromatic rings. The Morgan fingerprint density at radius 2 is 2.25 bits per heavy atom. The summed E-state index contributed by atoms with van der Waals surface area (Å²) in [5.41, 5.74) is 0. The molecule has 0 radical (unpaired) electrons. The lowest BCUT2D eigenvalue weighted by Gasteiger charge is -2.01. The van der Waals surface area contributed by atoms with E-state index in [1.807, 2.05) is 18.5 Å². The molecule has 4 nitrogen and oxygen atoms in total. The van der Waals surface area contributed by atoms with E-state index in [-0.39, 0.29) is 5.78 Å². The van der Waals surface area contributed by atoms with E-state index in [0.29, 0.717) is 12.2 Å². The first-order chi connectivity index (χ1) is 7.72. The Labute approximate surface area is 99.8 Å². The van der Waals surface area contributed by atoms with Gasteiger partial charge in [-0.05, 0) is 25.2 Å². The predicted molar refractivity (Wildman–Crippen MR) is 63.7 cm³/mol. The van der Waals surface area contributed by atoms with Gasteiger partial charge >= 0.3 is 0 Å². The highest BCUT2D eigenvalue weighted by Crippen LogP contribution is 2.34. The lowest BCUT2D eigenvalue weighted by atomic mass is 10.2. The molecule has 1 heterocycles. The molecule has 1 aliphatic carbocycles. The normalized spacial score (nSPS) is 15.4. The van der Waals surface area contributed by atoms with Crippen LogP contribution in [0.2, 0.25) is 0 Å². The van der Waals surface area contributed by atoms with E-state index in [9.17, 15) is 4.79 Å². The molecular weight excluding hydrogens is 222 g/mol. The van der Waals surface area contributed by atoms with Gasteiger partial charge in [0.05, 0.1) is 0 Å². The van der Waals surface area contributed by atoms with Crippen LogP contribution in [0.15, 0.2) is 5.16 Å². The summed E-state index contributed by atoms with van der Waals surface area (Å²) in [7, 11) is 1.87. The van der Waals surface area contributed by atoms with Crippen LogP contribution in [-0.2, 0) is 7.05 Å². The number of carbonyl (C=O) groups excluding carboxylic acids is 1. The van der Waals surface area contributed by atoms with Gasteiger partial charge < -0.3 is 4.57 Å². The van der Waals surface area contributed by atoms with E-state index in [4.69, 9.17) is 0 Å². The Bertz CT molecular complexity index is 385. The number of Topliss-reactive ketones (excluding diaryl/α,β-unsaturated/α-hetero) is 1. The molecule has 0 amide bonds. The fraction of sp³-hybridized carbons (Fsp3) is 0.727. The minimum Gasteiger partial charge on any atom is -0.303 e. The van der Waals surface area contributed by atoms with E-state index < -0.39 is 0 Å². The average Bonchev–Trinajstić information content (AvgIpc) is 3.01. The smallest absolute Gasteiger partial charge is 0.200 e. The first-order valence-corrected chi connectivity index (χ1v) is 6.76. The van der Waals surface area contributed by atoms with E-state index in [1.54, 1.807) is 11.8 Å². The molecule has 1 fully saturated rings. The topological polar surface area (TPSA) is 47.8 Å². The fourth-order valence-electron chi connectivity index (χ4n) is 1.50. The van der Waals surface area contributed by atoms with Crippen molar-refractivity contribution >= 4 is 17.5 Å². The van der Waals surface area contributed by atoms with Crippen LogP contribution in [0.4, 0.5) is 0 Å². The van der Waals surface area contributed by atoms with Crippen molar-refractivity contribution in [2.45, 2.75) is 37.8 Å². The number of hydrogen-bond acceptors (Lipinski definition) is 4. The summed E-state index contributed by atoms with van der Waals surface area (Å²) in [6.07, 6.45) is 4.09. The lowest BCUT2D eigenvalue weighted by Crippen LogP contribution is -2.07. The highest BCUT2D eigenvalue weighted by atomic mass is 32.2. The van der Waals surface area contributed by atoms with Gasteiger partial charge in [-0.25, -0.2) is 0 Å². The van der Waals surface area contributed by atoms with Gasteiger partial charge in [0.1, 0.15) is 0 Å². The highest BCUT2D eigenvalue weighted by Gasteiger charge is 2.23. The van der Waals surface area contributed by atoms with Gasteiger partial charge in [-0.2, -0.15) is 0 Å². The van der Waals surface area contributed by atoms with Crippen LogP contribution in [0, 0.1) is 5.92 Å². The second kappa shape index (κ2) is 4.99. The van der Waals surface area contributed by atoms with Crippen LogP contribution in [0.25, 0.3) is 0 Å². The largest absolute Gasteiger partial charge is 0.303 e. The number of nitrogens with zero attached hydrogens (tertiary/aromatic N) is 3. The molecule has 0 unspecified atom stereocenters. The van der Waals surface area contributed by atoms with Crippen LogP contribution in [0.1, 0.15) is 43.2 Å². The molecule has 1 aliphatic rings. The van der Waals surface area contributed by atoms with E-state index in [0.717, 1.165) is 23.2 Å². The Kier molecular flexibility index (Phi) is 3.63. The van der Waals surface area contributed by atoms with Crippen molar-refractivity contribution in [2.24, 2.45) is 13.0 Å². The van der Waals surface area contributed by atoms with E-state index in [1.165, 1.54) is 12.8 Å². The van der Waals surface area contributed by atoms with Crippen molar-refractivity contribution in [1.29, 1.82) is 0 Å². The molecule has 0 spiro atoms. The summed E-state index contributed by atoms with van der Waals surface area (Å²) < 4.78 is 1.82. The Morgan fingerprint density at radius 3 is 2.88 bits per heavy atom. The van der Waals surface area contributed by atoms with Crippen molar-refractivity contribution in [3.05, 3.63) is 5.82 Å². The summed E-state index contributed by atoms with van der Waals surface area (Å²) in [4.78, 5) is 11.7. The van der Waals surface area contributed by atoms with Crippen LogP contribution >= 0.6 is 11.8 Å². The Balaban J connectivity index is 2.00. The van der Waals surface area contributed by atoms with Crippen molar-refractivity contribution in [2.75, 3.05) is 5.75 Å². The zero-order valence-electron chi connectivity index (χ0n) is 9.77. The second-order valence-electron chi connectivity index (χ2n) is 4.29. The van der Waals surface area contributed by atoms with Crippen molar-refractivity contribution in [3.63, 3.8) is 0 Å². The van der Waals surface area contributed by atoms with Crippen LogP contribution < -0.4 is 0 Å². The minimum atomic E-state index is 0.0933. The summed E-state index contributed by atoms with van der Waals surface area (Å²) in [6, 6.07) is 0. The number of ketones is 1. The number of carbonyl (C=O) groups is 1. The third-order valence-electron chi connectivity index (χ3n) is 2.71. The third-order valence-corrected chi connectivity index (χ3v) is 3.96. The monoisotopic (exact) mass is 239 g/mol. The van der Waals surface area contributed by atoms with Crippen molar-refractivity contribution < 1.29 is 4.79 Å². The van der Waals surface area contributed by atoms with Crippen molar-refractivity contribution in [3.8, 4) is 0 Å². The molecule has 1 saturated carbocycles. The molecule has 0 atom stereocenters. The zero-order chi connectivity index (χ0) is 11.5. The predicted octanol–water partition coefficient (Wildman–Crippen LogP) is 2.30. The van der Waals surface area contributed by atoms with Crippen LogP contribution in [0.3, 0.4) is 0 Å². The molecule has 16 heavy (non-hydrogen) atoms. The van der Waals surface area contributed by atoms with Gasteiger partial charge in [0, 0.05) is 19.2 Å². The SMILES string of the molecule is CCCC(=O)c1nnc(SCC2CC2)n1C. The average molecular weight is 239 g/mol. The van der Waals surface area contributed by atoms with Gasteiger partial charge in [0.15, 0.2) is 10.9 Å². The van der Waals surface area contributed by atoms with Gasteiger partial charge in [0.2, 0.25) is 5.82 Å². The lowest BCUT2D eigenvalue weighted by molar-refractivity contribution is 0.0968. The molecule has 0 N–H and O–H groups in total. The molecule has 1 aromatic heterocycles. The Morgan fingerprint density at radius 1 is 1.50 bits per heavy atom. The molecule has 0 saturated heterocycles. The molecule has 0 aromatic carbocycles. The minimum absolute atomic E-state index is 0.0933. The molecule has 0 aliphatic heterocycles. The summed E-state index contributed by atoms with van der Waals surface area (Å²) in [5, 5.41) is 8.92. The molecule has 0 bridgehead atoms. The highest BCUT2D eigenvalue weighted by molar-refractivity contribution is 7.99.